The Labute approximate surface area is 114 Å². The highest BCUT2D eigenvalue weighted by atomic mass is 19.4. The summed E-state index contributed by atoms with van der Waals surface area (Å²) in [5.41, 5.74) is -1.23. The average molecular weight is 291 g/mol. The van der Waals surface area contributed by atoms with Gasteiger partial charge in [-0.1, -0.05) is 6.92 Å². The third kappa shape index (κ3) is 3.86. The van der Waals surface area contributed by atoms with Gasteiger partial charge in [-0.3, -0.25) is 0 Å². The van der Waals surface area contributed by atoms with E-state index in [9.17, 15) is 18.0 Å². The molecule has 0 radical (unpaired) electrons. The first kappa shape index (κ1) is 16.3. The van der Waals surface area contributed by atoms with Gasteiger partial charge in [-0.05, 0) is 24.6 Å². The van der Waals surface area contributed by atoms with E-state index < -0.39 is 23.3 Å². The Kier molecular flexibility index (Phi) is 5.38. The van der Waals surface area contributed by atoms with Crippen LogP contribution in [0.5, 0.6) is 0 Å². The third-order valence-electron chi connectivity index (χ3n) is 2.76. The molecule has 0 fully saturated rings. The van der Waals surface area contributed by atoms with Crippen molar-refractivity contribution in [1.82, 2.24) is 0 Å². The maximum Gasteiger partial charge on any atom is 0.416 e. The van der Waals surface area contributed by atoms with Crippen molar-refractivity contribution in [1.29, 1.82) is 0 Å². The number of hydrogen-bond acceptors (Lipinski definition) is 3. The van der Waals surface area contributed by atoms with Gasteiger partial charge < -0.3 is 15.1 Å². The van der Waals surface area contributed by atoms with Crippen molar-refractivity contribution in [3.63, 3.8) is 0 Å². The molecule has 2 N–H and O–H groups in total. The quantitative estimate of drug-likeness (QED) is 0.846. The SMILES string of the molecule is CCCN(CCO)c1ccc(C(F)(F)F)cc1C(=O)O. The number of rotatable bonds is 6. The van der Waals surface area contributed by atoms with E-state index in [0.717, 1.165) is 12.1 Å². The Hall–Kier alpha value is -1.76. The molecule has 0 spiro atoms. The molecule has 1 aromatic rings. The van der Waals surface area contributed by atoms with Gasteiger partial charge in [-0.15, -0.1) is 0 Å². The molecule has 0 saturated heterocycles. The van der Waals surface area contributed by atoms with E-state index in [-0.39, 0.29) is 18.8 Å². The number of carboxylic acids is 1. The van der Waals surface area contributed by atoms with Crippen LogP contribution in [-0.2, 0) is 6.18 Å². The second-order valence-electron chi connectivity index (χ2n) is 4.25. The number of benzene rings is 1. The number of carbonyl (C=O) groups is 1. The normalized spacial score (nSPS) is 11.4. The first-order valence-electron chi connectivity index (χ1n) is 6.11. The van der Waals surface area contributed by atoms with Crippen LogP contribution in [0, 0.1) is 0 Å². The summed E-state index contributed by atoms with van der Waals surface area (Å²) in [7, 11) is 0. The number of halogens is 3. The molecule has 0 aliphatic carbocycles. The van der Waals surface area contributed by atoms with Gasteiger partial charge in [-0.25, -0.2) is 4.79 Å². The molecule has 0 atom stereocenters. The van der Waals surface area contributed by atoms with Crippen molar-refractivity contribution in [2.75, 3.05) is 24.6 Å². The summed E-state index contributed by atoms with van der Waals surface area (Å²) in [6.07, 6.45) is -3.91. The fraction of sp³-hybridized carbons (Fsp3) is 0.462. The minimum atomic E-state index is -4.59. The molecule has 0 aliphatic rings. The zero-order valence-electron chi connectivity index (χ0n) is 10.9. The van der Waals surface area contributed by atoms with Crippen LogP contribution in [0.25, 0.3) is 0 Å². The lowest BCUT2D eigenvalue weighted by atomic mass is 10.1. The average Bonchev–Trinajstić information content (AvgIpc) is 2.36. The monoisotopic (exact) mass is 291 g/mol. The number of aliphatic hydroxyl groups excluding tert-OH is 1. The minimum Gasteiger partial charge on any atom is -0.478 e. The molecule has 0 heterocycles. The Balaban J connectivity index is 3.28. The zero-order valence-corrected chi connectivity index (χ0v) is 10.9. The summed E-state index contributed by atoms with van der Waals surface area (Å²) < 4.78 is 37.8. The van der Waals surface area contributed by atoms with Crippen LogP contribution in [0.4, 0.5) is 18.9 Å². The summed E-state index contributed by atoms with van der Waals surface area (Å²) in [6, 6.07) is 2.61. The third-order valence-corrected chi connectivity index (χ3v) is 2.76. The molecule has 7 heteroatoms. The van der Waals surface area contributed by atoms with E-state index in [1.54, 1.807) is 4.90 Å². The van der Waals surface area contributed by atoms with E-state index >= 15 is 0 Å². The fourth-order valence-corrected chi connectivity index (χ4v) is 1.90. The van der Waals surface area contributed by atoms with Gasteiger partial charge in [0, 0.05) is 13.1 Å². The highest BCUT2D eigenvalue weighted by Gasteiger charge is 2.32. The predicted molar refractivity (Wildman–Crippen MR) is 68.0 cm³/mol. The number of aromatic carboxylic acids is 1. The topological polar surface area (TPSA) is 60.8 Å². The number of nitrogens with zero attached hydrogens (tertiary/aromatic N) is 1. The van der Waals surface area contributed by atoms with Crippen LogP contribution in [0.15, 0.2) is 18.2 Å². The maximum atomic E-state index is 12.6. The van der Waals surface area contributed by atoms with Gasteiger partial charge >= 0.3 is 12.1 Å². The van der Waals surface area contributed by atoms with E-state index in [1.165, 1.54) is 0 Å². The molecule has 20 heavy (non-hydrogen) atoms. The zero-order chi connectivity index (χ0) is 15.3. The Morgan fingerprint density at radius 3 is 2.40 bits per heavy atom. The van der Waals surface area contributed by atoms with Gasteiger partial charge in [-0.2, -0.15) is 13.2 Å². The van der Waals surface area contributed by atoms with Gasteiger partial charge in [0.05, 0.1) is 23.4 Å². The molecule has 0 bridgehead atoms. The lowest BCUT2D eigenvalue weighted by Gasteiger charge is -2.25. The molecular formula is C13H16F3NO3. The summed E-state index contributed by atoms with van der Waals surface area (Å²) in [5.74, 6) is -1.43. The van der Waals surface area contributed by atoms with Crippen LogP contribution in [0.1, 0.15) is 29.3 Å². The summed E-state index contributed by atoms with van der Waals surface area (Å²) in [4.78, 5) is 12.7. The molecule has 0 unspecified atom stereocenters. The number of hydrogen-bond donors (Lipinski definition) is 2. The lowest BCUT2D eigenvalue weighted by molar-refractivity contribution is -0.137. The first-order valence-corrected chi connectivity index (χ1v) is 6.11. The summed E-state index contributed by atoms with van der Waals surface area (Å²) >= 11 is 0. The second kappa shape index (κ2) is 6.60. The first-order chi connectivity index (χ1) is 9.31. The van der Waals surface area contributed by atoms with Crippen molar-refractivity contribution in [2.45, 2.75) is 19.5 Å². The second-order valence-corrected chi connectivity index (χ2v) is 4.25. The van der Waals surface area contributed by atoms with E-state index in [4.69, 9.17) is 10.2 Å². The Bertz CT molecular complexity index is 468. The highest BCUT2D eigenvalue weighted by Crippen LogP contribution is 2.33. The maximum absolute atomic E-state index is 12.6. The van der Waals surface area contributed by atoms with Crippen LogP contribution in [0.3, 0.4) is 0 Å². The van der Waals surface area contributed by atoms with Gasteiger partial charge in [0.1, 0.15) is 0 Å². The minimum absolute atomic E-state index is 0.166. The fourth-order valence-electron chi connectivity index (χ4n) is 1.90. The number of alkyl halides is 3. The molecule has 112 valence electrons. The molecule has 0 saturated carbocycles. The molecule has 0 amide bonds. The van der Waals surface area contributed by atoms with Gasteiger partial charge in [0.2, 0.25) is 0 Å². The number of aliphatic hydroxyl groups is 1. The molecule has 4 nitrogen and oxygen atoms in total. The lowest BCUT2D eigenvalue weighted by Crippen LogP contribution is -2.29. The van der Waals surface area contributed by atoms with Crippen LogP contribution < -0.4 is 4.90 Å². The molecular weight excluding hydrogens is 275 g/mol. The predicted octanol–water partition coefficient (Wildman–Crippen LogP) is 2.61. The van der Waals surface area contributed by atoms with Crippen molar-refractivity contribution in [3.05, 3.63) is 29.3 Å². The van der Waals surface area contributed by atoms with Gasteiger partial charge in [0.15, 0.2) is 0 Å². The van der Waals surface area contributed by atoms with Gasteiger partial charge in [0.25, 0.3) is 0 Å². The number of anilines is 1. The number of carboxylic acid groups (broad SMARTS) is 1. The Morgan fingerprint density at radius 1 is 1.30 bits per heavy atom. The largest absolute Gasteiger partial charge is 0.478 e. The highest BCUT2D eigenvalue weighted by molar-refractivity contribution is 5.94. The Morgan fingerprint density at radius 2 is 1.95 bits per heavy atom. The molecule has 1 rings (SSSR count). The van der Waals surface area contributed by atoms with E-state index in [1.807, 2.05) is 6.92 Å². The van der Waals surface area contributed by atoms with Crippen molar-refractivity contribution in [2.24, 2.45) is 0 Å². The van der Waals surface area contributed by atoms with Crippen LogP contribution in [-0.4, -0.2) is 35.9 Å². The molecule has 0 aliphatic heterocycles. The smallest absolute Gasteiger partial charge is 0.416 e. The van der Waals surface area contributed by atoms with E-state index in [2.05, 4.69) is 0 Å². The molecule has 0 aromatic heterocycles. The van der Waals surface area contributed by atoms with Crippen molar-refractivity contribution >= 4 is 11.7 Å². The summed E-state index contributed by atoms with van der Waals surface area (Å²) in [6.45, 7) is 2.26. The molecule has 1 aromatic carbocycles. The van der Waals surface area contributed by atoms with Crippen molar-refractivity contribution in [3.8, 4) is 0 Å². The standard InChI is InChI=1S/C13H16F3NO3/c1-2-5-17(6-7-18)11-4-3-9(13(14,15)16)8-10(11)12(19)20/h3-4,8,18H,2,5-7H2,1H3,(H,19,20). The van der Waals surface area contributed by atoms with Crippen molar-refractivity contribution < 1.29 is 28.2 Å². The van der Waals surface area contributed by atoms with Crippen LogP contribution >= 0.6 is 0 Å². The van der Waals surface area contributed by atoms with E-state index in [0.29, 0.717) is 19.0 Å². The van der Waals surface area contributed by atoms with Crippen LogP contribution in [0.2, 0.25) is 0 Å². The summed E-state index contributed by atoms with van der Waals surface area (Å²) in [5, 5.41) is 18.1.